The maximum Gasteiger partial charge on any atom is 1.00 e. The van der Waals surface area contributed by atoms with E-state index < -0.39 is 75.0 Å². The third-order valence-corrected chi connectivity index (χ3v) is 2.76. The van der Waals surface area contributed by atoms with Crippen LogP contribution in [0, 0.1) is 0 Å². The molecule has 0 saturated heterocycles. The van der Waals surface area contributed by atoms with Crippen molar-refractivity contribution in [2.24, 2.45) is 0 Å². The summed E-state index contributed by atoms with van der Waals surface area (Å²) in [6.07, 6.45) is -0.892. The minimum atomic E-state index is -1.73. The van der Waals surface area contributed by atoms with Crippen molar-refractivity contribution in [3.63, 3.8) is 0 Å². The number of carbonyl (C=O) groups is 5. The Morgan fingerprint density at radius 1 is 0.552 bits per heavy atom. The van der Waals surface area contributed by atoms with Gasteiger partial charge in [-0.15, -0.1) is 0 Å². The summed E-state index contributed by atoms with van der Waals surface area (Å²) in [5.74, 6) is -8.52. The van der Waals surface area contributed by atoms with Gasteiger partial charge in [-0.2, -0.15) is 0 Å². The summed E-state index contributed by atoms with van der Waals surface area (Å²) in [7, 11) is 0. The average molecular weight is 460 g/mol. The normalized spacial score (nSPS) is 10.0. The standard InChI is InChI=1S/C12H18N2O10.5Na/c15-8(16)1-7(14(5-11(21)22)6-12(23)24)2-13(3-9(17)18)4-10(19)20;;;;;/h7H,1-6H2,(H,15,16)(H,17,18)(H,19,20)(H,21,22)(H,23,24);;;;;/q;5*+1/p-5. The number of carboxylic acids is 5. The van der Waals surface area contributed by atoms with Crippen LogP contribution in [-0.4, -0.2) is 78.4 Å². The Bertz CT molecular complexity index is 493. The molecule has 0 fully saturated rings. The Morgan fingerprint density at radius 3 is 1.10 bits per heavy atom. The molecule has 0 aliphatic carbocycles. The van der Waals surface area contributed by atoms with E-state index in [1.54, 1.807) is 0 Å². The summed E-state index contributed by atoms with van der Waals surface area (Å²) in [4.78, 5) is 54.6. The molecule has 136 valence electrons. The number of rotatable bonds is 13. The van der Waals surface area contributed by atoms with Crippen LogP contribution >= 0.6 is 0 Å². The molecule has 0 rings (SSSR count). The summed E-state index contributed by atoms with van der Waals surface area (Å²) < 4.78 is 0. The first kappa shape index (κ1) is 44.9. The summed E-state index contributed by atoms with van der Waals surface area (Å²) in [5.41, 5.74) is 0. The van der Waals surface area contributed by atoms with Gasteiger partial charge in [-0.1, -0.05) is 0 Å². The van der Waals surface area contributed by atoms with E-state index in [9.17, 15) is 49.5 Å². The maximum absolute atomic E-state index is 10.8. The van der Waals surface area contributed by atoms with Crippen LogP contribution in [0.1, 0.15) is 6.42 Å². The second kappa shape index (κ2) is 24.9. The maximum atomic E-state index is 10.8. The molecule has 1 unspecified atom stereocenters. The fourth-order valence-electron chi connectivity index (χ4n) is 2.00. The molecular formula is C12H13N2Na5O10. The second-order valence-corrected chi connectivity index (χ2v) is 4.79. The van der Waals surface area contributed by atoms with Crippen molar-refractivity contribution in [3.8, 4) is 0 Å². The molecular weight excluding hydrogens is 447 g/mol. The summed E-state index contributed by atoms with van der Waals surface area (Å²) in [5, 5.41) is 53.3. The summed E-state index contributed by atoms with van der Waals surface area (Å²) in [6, 6.07) is -1.40. The van der Waals surface area contributed by atoms with Gasteiger partial charge < -0.3 is 49.5 Å². The Kier molecular flexibility index (Phi) is 38.5. The van der Waals surface area contributed by atoms with Crippen molar-refractivity contribution in [1.29, 1.82) is 0 Å². The predicted octanol–water partition coefficient (Wildman–Crippen LogP) is -23.9. The van der Waals surface area contributed by atoms with Gasteiger partial charge in [-0.05, 0) is 0 Å². The van der Waals surface area contributed by atoms with Crippen LogP contribution in [0.25, 0.3) is 0 Å². The van der Waals surface area contributed by atoms with Crippen molar-refractivity contribution in [2.45, 2.75) is 12.5 Å². The fourth-order valence-corrected chi connectivity index (χ4v) is 2.00. The first-order valence-electron chi connectivity index (χ1n) is 6.46. The van der Waals surface area contributed by atoms with Crippen molar-refractivity contribution in [2.75, 3.05) is 32.7 Å². The largest absolute Gasteiger partial charge is 1.00 e. The van der Waals surface area contributed by atoms with Gasteiger partial charge in [0.15, 0.2) is 0 Å². The van der Waals surface area contributed by atoms with Gasteiger partial charge in [0.05, 0.1) is 23.9 Å². The fraction of sp³-hybridized carbons (Fsp3) is 0.583. The molecule has 0 spiro atoms. The summed E-state index contributed by atoms with van der Waals surface area (Å²) >= 11 is 0. The van der Waals surface area contributed by atoms with Crippen LogP contribution in [0.2, 0.25) is 0 Å². The Morgan fingerprint density at radius 2 is 0.862 bits per heavy atom. The van der Waals surface area contributed by atoms with E-state index in [4.69, 9.17) is 0 Å². The molecule has 0 heterocycles. The molecule has 0 aromatic heterocycles. The SMILES string of the molecule is O=C([O-])CC(CN(CC(=O)[O-])CC(=O)[O-])N(CC(=O)[O-])CC(=O)[O-].[Na+].[Na+].[Na+].[Na+].[Na+]. The molecule has 0 aliphatic heterocycles. The van der Waals surface area contributed by atoms with Gasteiger partial charge >= 0.3 is 148 Å². The number of hydrogen-bond acceptors (Lipinski definition) is 12. The molecule has 29 heavy (non-hydrogen) atoms. The zero-order valence-corrected chi connectivity index (χ0v) is 27.3. The Hall–Kier alpha value is 2.27. The van der Waals surface area contributed by atoms with Crippen molar-refractivity contribution < 1.29 is 197 Å². The van der Waals surface area contributed by atoms with E-state index in [1.165, 1.54) is 0 Å². The van der Waals surface area contributed by atoms with Crippen LogP contribution in [0.5, 0.6) is 0 Å². The monoisotopic (exact) mass is 460 g/mol. The number of carbonyl (C=O) groups excluding carboxylic acids is 5. The minimum absolute atomic E-state index is 0. The van der Waals surface area contributed by atoms with Crippen LogP contribution in [0.4, 0.5) is 0 Å². The van der Waals surface area contributed by atoms with Gasteiger partial charge in [0.1, 0.15) is 0 Å². The number of hydrogen-bond donors (Lipinski definition) is 0. The van der Waals surface area contributed by atoms with E-state index in [0.29, 0.717) is 9.80 Å². The average Bonchev–Trinajstić information content (AvgIpc) is 2.33. The molecule has 17 heteroatoms. The predicted molar refractivity (Wildman–Crippen MR) is 61.5 cm³/mol. The van der Waals surface area contributed by atoms with Crippen LogP contribution in [0.3, 0.4) is 0 Å². The van der Waals surface area contributed by atoms with Crippen molar-refractivity contribution >= 4 is 29.8 Å². The molecule has 0 saturated carbocycles. The van der Waals surface area contributed by atoms with Crippen LogP contribution in [-0.2, 0) is 24.0 Å². The molecule has 0 aromatic carbocycles. The Balaban J connectivity index is -0.000000264. The third kappa shape index (κ3) is 26.4. The first-order valence-corrected chi connectivity index (χ1v) is 6.46. The third-order valence-electron chi connectivity index (χ3n) is 2.76. The van der Waals surface area contributed by atoms with E-state index in [0.717, 1.165) is 0 Å². The van der Waals surface area contributed by atoms with Crippen molar-refractivity contribution in [1.82, 2.24) is 9.80 Å². The van der Waals surface area contributed by atoms with Crippen LogP contribution in [0.15, 0.2) is 0 Å². The number of carboxylic acid groups (broad SMARTS) is 5. The van der Waals surface area contributed by atoms with Gasteiger partial charge in [-0.25, -0.2) is 0 Å². The van der Waals surface area contributed by atoms with Gasteiger partial charge in [-0.3, -0.25) is 9.80 Å². The number of nitrogens with zero attached hydrogens (tertiary/aromatic N) is 2. The second-order valence-electron chi connectivity index (χ2n) is 4.79. The molecule has 0 N–H and O–H groups in total. The quantitative estimate of drug-likeness (QED) is 0.235. The minimum Gasteiger partial charge on any atom is -0.550 e. The van der Waals surface area contributed by atoms with E-state index in [2.05, 4.69) is 0 Å². The Labute approximate surface area is 277 Å². The summed E-state index contributed by atoms with van der Waals surface area (Å²) in [6.45, 7) is -4.48. The molecule has 0 radical (unpaired) electrons. The number of aliphatic carboxylic acids is 5. The van der Waals surface area contributed by atoms with E-state index >= 15 is 0 Å². The molecule has 0 aliphatic rings. The molecule has 0 bridgehead atoms. The first-order chi connectivity index (χ1) is 11.0. The molecule has 0 aromatic rings. The molecule has 1 atom stereocenters. The van der Waals surface area contributed by atoms with Crippen molar-refractivity contribution in [3.05, 3.63) is 0 Å². The van der Waals surface area contributed by atoms with E-state index in [-0.39, 0.29) is 148 Å². The topological polar surface area (TPSA) is 207 Å². The molecule has 12 nitrogen and oxygen atoms in total. The smallest absolute Gasteiger partial charge is 0.550 e. The van der Waals surface area contributed by atoms with Crippen LogP contribution < -0.4 is 173 Å². The zero-order chi connectivity index (χ0) is 18.9. The van der Waals surface area contributed by atoms with Gasteiger partial charge in [0.2, 0.25) is 0 Å². The van der Waals surface area contributed by atoms with Gasteiger partial charge in [0, 0.05) is 51.2 Å². The molecule has 0 amide bonds. The van der Waals surface area contributed by atoms with E-state index in [1.807, 2.05) is 0 Å². The van der Waals surface area contributed by atoms with Gasteiger partial charge in [0.25, 0.3) is 0 Å². The zero-order valence-electron chi connectivity index (χ0n) is 17.3.